The average Bonchev–Trinajstić information content (AvgIpc) is 3.41. The minimum Gasteiger partial charge on any atom is -0.493 e. The SMILES string of the molecule is CCOC(=O)C1=C(C)N=c2s/c(=C\c3cccc(OC)c3OC)c(=O)n2C1c1cccs1. The van der Waals surface area contributed by atoms with Gasteiger partial charge in [-0.25, -0.2) is 9.79 Å². The number of hydrogen-bond donors (Lipinski definition) is 0. The highest BCUT2D eigenvalue weighted by atomic mass is 32.1. The summed E-state index contributed by atoms with van der Waals surface area (Å²) >= 11 is 2.75. The quantitative estimate of drug-likeness (QED) is 0.518. The summed E-state index contributed by atoms with van der Waals surface area (Å²) in [4.78, 5) is 32.3. The predicted molar refractivity (Wildman–Crippen MR) is 124 cm³/mol. The lowest BCUT2D eigenvalue weighted by Crippen LogP contribution is -2.39. The van der Waals surface area contributed by atoms with E-state index in [1.807, 2.05) is 29.6 Å². The van der Waals surface area contributed by atoms with Crippen LogP contribution in [0.25, 0.3) is 6.08 Å². The molecule has 0 saturated carbocycles. The van der Waals surface area contributed by atoms with E-state index < -0.39 is 12.0 Å². The molecule has 1 aromatic carbocycles. The molecule has 1 aliphatic rings. The number of rotatable bonds is 6. The third kappa shape index (κ3) is 3.78. The Kier molecular flexibility index (Phi) is 6.29. The molecule has 3 heterocycles. The van der Waals surface area contributed by atoms with Crippen LogP contribution in [-0.2, 0) is 9.53 Å². The third-order valence-corrected chi connectivity index (χ3v) is 6.96. The summed E-state index contributed by atoms with van der Waals surface area (Å²) in [7, 11) is 3.12. The van der Waals surface area contributed by atoms with Crippen LogP contribution in [0.4, 0.5) is 0 Å². The molecule has 0 radical (unpaired) electrons. The molecular formula is C23H22N2O5S2. The number of thiazole rings is 1. The number of para-hydroxylation sites is 1. The van der Waals surface area contributed by atoms with Gasteiger partial charge in [0.05, 0.1) is 36.6 Å². The van der Waals surface area contributed by atoms with Gasteiger partial charge in [-0.15, -0.1) is 11.3 Å². The molecule has 0 bridgehead atoms. The zero-order valence-electron chi connectivity index (χ0n) is 18.1. The second kappa shape index (κ2) is 9.13. The topological polar surface area (TPSA) is 79.1 Å². The van der Waals surface area contributed by atoms with Crippen molar-refractivity contribution in [2.45, 2.75) is 19.9 Å². The molecule has 1 aliphatic heterocycles. The molecule has 0 spiro atoms. The molecule has 0 N–H and O–H groups in total. The van der Waals surface area contributed by atoms with Gasteiger partial charge >= 0.3 is 5.97 Å². The number of ether oxygens (including phenoxy) is 3. The Morgan fingerprint density at radius 3 is 2.69 bits per heavy atom. The van der Waals surface area contributed by atoms with Crippen molar-refractivity contribution < 1.29 is 19.0 Å². The van der Waals surface area contributed by atoms with E-state index in [0.29, 0.717) is 37.7 Å². The minimum atomic E-state index is -0.584. The third-order valence-electron chi connectivity index (χ3n) is 5.05. The molecule has 0 saturated heterocycles. The summed E-state index contributed by atoms with van der Waals surface area (Å²) in [6.45, 7) is 3.77. The maximum Gasteiger partial charge on any atom is 0.338 e. The van der Waals surface area contributed by atoms with Gasteiger partial charge in [-0.2, -0.15) is 0 Å². The first-order chi connectivity index (χ1) is 15.5. The molecule has 32 heavy (non-hydrogen) atoms. The molecule has 3 aromatic rings. The van der Waals surface area contributed by atoms with Crippen molar-refractivity contribution in [1.82, 2.24) is 4.57 Å². The fourth-order valence-electron chi connectivity index (χ4n) is 3.67. The summed E-state index contributed by atoms with van der Waals surface area (Å²) in [6.07, 6.45) is 1.76. The van der Waals surface area contributed by atoms with E-state index in [0.717, 1.165) is 4.88 Å². The Morgan fingerprint density at radius 1 is 1.22 bits per heavy atom. The molecule has 0 amide bonds. The van der Waals surface area contributed by atoms with Gasteiger partial charge < -0.3 is 14.2 Å². The second-order valence-corrected chi connectivity index (χ2v) is 8.89. The zero-order chi connectivity index (χ0) is 22.8. The Labute approximate surface area is 192 Å². The number of methoxy groups -OCH3 is 2. The van der Waals surface area contributed by atoms with Crippen LogP contribution in [0.15, 0.2) is 56.8 Å². The molecule has 1 unspecified atom stereocenters. The monoisotopic (exact) mass is 470 g/mol. The van der Waals surface area contributed by atoms with Crippen LogP contribution in [0.5, 0.6) is 11.5 Å². The van der Waals surface area contributed by atoms with E-state index in [1.54, 1.807) is 44.8 Å². The number of carbonyl (C=O) groups excluding carboxylic acids is 1. The van der Waals surface area contributed by atoms with Crippen LogP contribution in [0.3, 0.4) is 0 Å². The van der Waals surface area contributed by atoms with E-state index in [-0.39, 0.29) is 12.2 Å². The van der Waals surface area contributed by atoms with Gasteiger partial charge in [-0.1, -0.05) is 29.5 Å². The zero-order valence-corrected chi connectivity index (χ0v) is 19.7. The van der Waals surface area contributed by atoms with E-state index in [1.165, 1.54) is 22.7 Å². The smallest absolute Gasteiger partial charge is 0.338 e. The van der Waals surface area contributed by atoms with Crippen LogP contribution in [0.2, 0.25) is 0 Å². The number of carbonyl (C=O) groups is 1. The summed E-state index contributed by atoms with van der Waals surface area (Å²) < 4.78 is 18.2. The van der Waals surface area contributed by atoms with Crippen molar-refractivity contribution in [3.8, 4) is 11.5 Å². The van der Waals surface area contributed by atoms with Crippen molar-refractivity contribution >= 4 is 34.7 Å². The highest BCUT2D eigenvalue weighted by Gasteiger charge is 2.33. The molecule has 9 heteroatoms. The molecule has 166 valence electrons. The van der Waals surface area contributed by atoms with Gasteiger partial charge in [0.2, 0.25) is 0 Å². The number of allylic oxidation sites excluding steroid dienone is 1. The van der Waals surface area contributed by atoms with Crippen molar-refractivity contribution in [3.05, 3.63) is 77.1 Å². The van der Waals surface area contributed by atoms with Crippen LogP contribution in [-0.4, -0.2) is 31.4 Å². The number of benzene rings is 1. The van der Waals surface area contributed by atoms with Crippen LogP contribution in [0, 0.1) is 0 Å². The highest BCUT2D eigenvalue weighted by molar-refractivity contribution is 7.10. The molecule has 4 rings (SSSR count). The number of esters is 1. The summed E-state index contributed by atoms with van der Waals surface area (Å²) in [6, 6.07) is 8.71. The van der Waals surface area contributed by atoms with Crippen LogP contribution in [0.1, 0.15) is 30.3 Å². The number of nitrogens with zero attached hydrogens (tertiary/aromatic N) is 2. The first-order valence-corrected chi connectivity index (χ1v) is 11.6. The van der Waals surface area contributed by atoms with Crippen molar-refractivity contribution in [2.75, 3.05) is 20.8 Å². The molecule has 2 aromatic heterocycles. The summed E-state index contributed by atoms with van der Waals surface area (Å²) in [5, 5.41) is 1.92. The van der Waals surface area contributed by atoms with Crippen molar-refractivity contribution in [2.24, 2.45) is 4.99 Å². The molecular weight excluding hydrogens is 448 g/mol. The lowest BCUT2D eigenvalue weighted by molar-refractivity contribution is -0.139. The number of hydrogen-bond acceptors (Lipinski definition) is 8. The Balaban J connectivity index is 1.95. The van der Waals surface area contributed by atoms with Crippen molar-refractivity contribution in [1.29, 1.82) is 0 Å². The fourth-order valence-corrected chi connectivity index (χ4v) is 5.54. The van der Waals surface area contributed by atoms with Gasteiger partial charge in [0.1, 0.15) is 6.04 Å². The lowest BCUT2D eigenvalue weighted by Gasteiger charge is -2.23. The van der Waals surface area contributed by atoms with Gasteiger partial charge in [-0.3, -0.25) is 9.36 Å². The maximum absolute atomic E-state index is 13.6. The normalized spacial score (nSPS) is 15.9. The first kappa shape index (κ1) is 22.0. The Morgan fingerprint density at radius 2 is 2.03 bits per heavy atom. The molecule has 7 nitrogen and oxygen atoms in total. The van der Waals surface area contributed by atoms with Gasteiger partial charge in [0, 0.05) is 10.4 Å². The summed E-state index contributed by atoms with van der Waals surface area (Å²) in [5.41, 5.74) is 1.42. The van der Waals surface area contributed by atoms with Crippen LogP contribution >= 0.6 is 22.7 Å². The highest BCUT2D eigenvalue weighted by Crippen LogP contribution is 2.33. The number of aromatic nitrogens is 1. The second-order valence-electron chi connectivity index (χ2n) is 6.90. The van der Waals surface area contributed by atoms with Gasteiger partial charge in [-0.05, 0) is 37.4 Å². The first-order valence-electron chi connectivity index (χ1n) is 9.94. The predicted octanol–water partition coefficient (Wildman–Crippen LogP) is 2.88. The maximum atomic E-state index is 13.6. The molecule has 1 atom stereocenters. The number of thiophene rings is 1. The standard InChI is InChI=1S/C23H22N2O5S2/c1-5-30-22(27)18-13(2)24-23-25(19(18)16-10-7-11-31-16)21(26)17(32-23)12-14-8-6-9-15(28-3)20(14)29-4/h6-12,19H,5H2,1-4H3/b17-12-. The Hall–Kier alpha value is -3.17. The van der Waals surface area contributed by atoms with Crippen LogP contribution < -0.4 is 24.4 Å². The van der Waals surface area contributed by atoms with E-state index >= 15 is 0 Å². The largest absolute Gasteiger partial charge is 0.493 e. The lowest BCUT2D eigenvalue weighted by atomic mass is 10.0. The van der Waals surface area contributed by atoms with Gasteiger partial charge in [0.25, 0.3) is 5.56 Å². The van der Waals surface area contributed by atoms with Gasteiger partial charge in [0.15, 0.2) is 16.3 Å². The van der Waals surface area contributed by atoms with E-state index in [4.69, 9.17) is 14.2 Å². The molecule has 0 aliphatic carbocycles. The minimum absolute atomic E-state index is 0.230. The molecule has 0 fully saturated rings. The summed E-state index contributed by atoms with van der Waals surface area (Å²) in [5.74, 6) is 0.654. The average molecular weight is 471 g/mol. The van der Waals surface area contributed by atoms with E-state index in [2.05, 4.69) is 4.99 Å². The number of fused-ring (bicyclic) bond motifs is 1. The Bertz CT molecular complexity index is 1370. The van der Waals surface area contributed by atoms with Crippen molar-refractivity contribution in [3.63, 3.8) is 0 Å². The fraction of sp³-hybridized carbons (Fsp3) is 0.261. The van der Waals surface area contributed by atoms with E-state index in [9.17, 15) is 9.59 Å².